The number of hydrogen-bond donors (Lipinski definition) is 3. The summed E-state index contributed by atoms with van der Waals surface area (Å²) in [6, 6.07) is 13.3. The summed E-state index contributed by atoms with van der Waals surface area (Å²) in [5, 5.41) is 14.5. The van der Waals surface area contributed by atoms with E-state index < -0.39 is 23.8 Å². The number of amides is 5. The van der Waals surface area contributed by atoms with Crippen LogP contribution in [0, 0.1) is 13.8 Å². The zero-order chi connectivity index (χ0) is 27.6. The summed E-state index contributed by atoms with van der Waals surface area (Å²) in [5.74, 6) is -1.99. The van der Waals surface area contributed by atoms with Crippen molar-refractivity contribution in [2.24, 2.45) is 0 Å². The van der Waals surface area contributed by atoms with Crippen LogP contribution in [-0.2, 0) is 14.4 Å². The number of imide groups is 2. The quantitative estimate of drug-likeness (QED) is 0.250. The highest BCUT2D eigenvalue weighted by molar-refractivity contribution is 9.11. The fourth-order valence-corrected chi connectivity index (χ4v) is 5.02. The van der Waals surface area contributed by atoms with Crippen LogP contribution in [0.3, 0.4) is 0 Å². The maximum absolute atomic E-state index is 13.2. The van der Waals surface area contributed by atoms with Gasteiger partial charge < -0.3 is 15.2 Å². The maximum atomic E-state index is 13.2. The minimum absolute atomic E-state index is 0.0483. The van der Waals surface area contributed by atoms with Gasteiger partial charge in [0.05, 0.1) is 10.2 Å². The molecule has 3 aromatic rings. The van der Waals surface area contributed by atoms with Gasteiger partial charge in [0.2, 0.25) is 0 Å². The van der Waals surface area contributed by atoms with Gasteiger partial charge in [0, 0.05) is 15.7 Å². The van der Waals surface area contributed by atoms with Crippen molar-refractivity contribution >= 4 is 73.1 Å². The summed E-state index contributed by atoms with van der Waals surface area (Å²) < 4.78 is 6.87. The number of rotatable bonds is 6. The second-order valence-corrected chi connectivity index (χ2v) is 10.2. The van der Waals surface area contributed by atoms with Gasteiger partial charge in [-0.3, -0.25) is 19.7 Å². The van der Waals surface area contributed by atoms with E-state index in [0.717, 1.165) is 16.0 Å². The molecule has 0 unspecified atom stereocenters. The van der Waals surface area contributed by atoms with Crippen LogP contribution in [0.1, 0.15) is 16.7 Å². The lowest BCUT2D eigenvalue weighted by atomic mass is 10.1. The molecule has 5 amide bonds. The number of carbonyl (C=O) groups is 4. The van der Waals surface area contributed by atoms with Gasteiger partial charge in [0.1, 0.15) is 17.1 Å². The number of nitrogens with zero attached hydrogens (tertiary/aromatic N) is 1. The summed E-state index contributed by atoms with van der Waals surface area (Å²) >= 11 is 6.78. The Morgan fingerprint density at radius 1 is 1.03 bits per heavy atom. The van der Waals surface area contributed by atoms with Crippen LogP contribution in [0.2, 0.25) is 0 Å². The molecular formula is C27H21Br2N3O6. The monoisotopic (exact) mass is 641 g/mol. The number of aromatic hydroxyl groups is 1. The Morgan fingerprint density at radius 2 is 1.74 bits per heavy atom. The first-order valence-corrected chi connectivity index (χ1v) is 12.8. The van der Waals surface area contributed by atoms with Crippen LogP contribution in [0.25, 0.3) is 6.08 Å². The largest absolute Gasteiger partial charge is 0.508 e. The first kappa shape index (κ1) is 27.1. The smallest absolute Gasteiger partial charge is 0.335 e. The average molecular weight is 643 g/mol. The molecular weight excluding hydrogens is 622 g/mol. The van der Waals surface area contributed by atoms with Crippen molar-refractivity contribution in [3.8, 4) is 11.5 Å². The highest BCUT2D eigenvalue weighted by Gasteiger charge is 2.37. The molecule has 0 aromatic heterocycles. The molecule has 0 spiro atoms. The molecule has 1 aliphatic heterocycles. The molecule has 0 atom stereocenters. The van der Waals surface area contributed by atoms with E-state index >= 15 is 0 Å². The van der Waals surface area contributed by atoms with E-state index in [1.54, 1.807) is 18.2 Å². The van der Waals surface area contributed by atoms with Crippen molar-refractivity contribution in [2.75, 3.05) is 16.8 Å². The third-order valence-electron chi connectivity index (χ3n) is 5.68. The summed E-state index contributed by atoms with van der Waals surface area (Å²) in [6.07, 6.45) is 1.28. The predicted molar refractivity (Wildman–Crippen MR) is 149 cm³/mol. The average Bonchev–Trinajstić information content (AvgIpc) is 2.84. The number of benzene rings is 3. The summed E-state index contributed by atoms with van der Waals surface area (Å²) in [6.45, 7) is 3.57. The van der Waals surface area contributed by atoms with E-state index in [2.05, 4.69) is 42.5 Å². The molecule has 3 N–H and O–H groups in total. The number of carbonyl (C=O) groups excluding carboxylic acids is 4. The number of halogens is 2. The Labute approximate surface area is 234 Å². The number of aryl methyl sites for hydroxylation is 2. The van der Waals surface area contributed by atoms with Crippen molar-refractivity contribution < 1.29 is 29.0 Å². The van der Waals surface area contributed by atoms with E-state index in [1.807, 2.05) is 26.0 Å². The maximum Gasteiger partial charge on any atom is 0.335 e. The molecule has 194 valence electrons. The second-order valence-electron chi connectivity index (χ2n) is 8.42. The molecule has 0 saturated carbocycles. The number of anilines is 2. The van der Waals surface area contributed by atoms with Crippen molar-refractivity contribution in [2.45, 2.75) is 13.8 Å². The van der Waals surface area contributed by atoms with E-state index in [-0.39, 0.29) is 29.4 Å². The molecule has 1 aliphatic rings. The summed E-state index contributed by atoms with van der Waals surface area (Å²) in [5.41, 5.74) is 2.91. The van der Waals surface area contributed by atoms with Gasteiger partial charge in [-0.25, -0.2) is 9.69 Å². The zero-order valence-electron chi connectivity index (χ0n) is 20.2. The minimum atomic E-state index is -0.919. The van der Waals surface area contributed by atoms with E-state index in [0.29, 0.717) is 20.2 Å². The Balaban J connectivity index is 1.61. The van der Waals surface area contributed by atoms with Gasteiger partial charge >= 0.3 is 6.03 Å². The number of ether oxygens (including phenoxy) is 1. The normalized spacial score (nSPS) is 14.5. The number of urea groups is 1. The summed E-state index contributed by atoms with van der Waals surface area (Å²) in [7, 11) is 0. The SMILES string of the molecule is Cc1ccc(NC(=O)COc2c(Br)cc(Br)cc2/C=C2/C(=O)NC(=O)N(c3ccc(O)cc3)C2=O)cc1C. The van der Waals surface area contributed by atoms with E-state index in [9.17, 15) is 24.3 Å². The molecule has 0 radical (unpaired) electrons. The van der Waals surface area contributed by atoms with Gasteiger partial charge in [-0.15, -0.1) is 0 Å². The predicted octanol–water partition coefficient (Wildman–Crippen LogP) is 5.22. The molecule has 1 heterocycles. The van der Waals surface area contributed by atoms with Gasteiger partial charge in [-0.05, 0) is 95.5 Å². The van der Waals surface area contributed by atoms with E-state index in [1.165, 1.54) is 30.3 Å². The standard InChI is InChI=1S/C27H21Br2N3O6/c1-14-3-4-18(9-15(14)2)30-23(34)13-38-24-16(10-17(28)12-22(24)29)11-21-25(35)31-27(37)32(26(21)36)19-5-7-20(33)8-6-19/h3-12,33H,13H2,1-2H3,(H,30,34)(H,31,35,37)/b21-11-. The third kappa shape index (κ3) is 5.95. The van der Waals surface area contributed by atoms with Crippen LogP contribution in [0.4, 0.5) is 16.2 Å². The first-order chi connectivity index (χ1) is 18.0. The fourth-order valence-electron chi connectivity index (χ4n) is 3.64. The van der Waals surface area contributed by atoms with Crippen molar-refractivity contribution in [1.82, 2.24) is 5.32 Å². The minimum Gasteiger partial charge on any atom is -0.508 e. The Kier molecular flexibility index (Phi) is 7.98. The van der Waals surface area contributed by atoms with Crippen molar-refractivity contribution in [3.63, 3.8) is 0 Å². The van der Waals surface area contributed by atoms with Gasteiger partial charge in [0.15, 0.2) is 6.61 Å². The van der Waals surface area contributed by atoms with Gasteiger partial charge in [-0.2, -0.15) is 0 Å². The Bertz CT molecular complexity index is 1500. The van der Waals surface area contributed by atoms with Crippen LogP contribution in [0.5, 0.6) is 11.5 Å². The lowest BCUT2D eigenvalue weighted by Crippen LogP contribution is -2.54. The van der Waals surface area contributed by atoms with Crippen LogP contribution in [-0.4, -0.2) is 35.5 Å². The molecule has 1 fully saturated rings. The highest BCUT2D eigenvalue weighted by atomic mass is 79.9. The molecule has 3 aromatic carbocycles. The number of barbiturate groups is 1. The molecule has 11 heteroatoms. The highest BCUT2D eigenvalue weighted by Crippen LogP contribution is 2.35. The Hall–Kier alpha value is -3.96. The Morgan fingerprint density at radius 3 is 2.42 bits per heavy atom. The summed E-state index contributed by atoms with van der Waals surface area (Å²) in [4.78, 5) is 51.7. The van der Waals surface area contributed by atoms with E-state index in [4.69, 9.17) is 4.74 Å². The van der Waals surface area contributed by atoms with Gasteiger partial charge in [-0.1, -0.05) is 22.0 Å². The topological polar surface area (TPSA) is 125 Å². The lowest BCUT2D eigenvalue weighted by Gasteiger charge is -2.26. The molecule has 1 saturated heterocycles. The third-order valence-corrected chi connectivity index (χ3v) is 6.73. The first-order valence-electron chi connectivity index (χ1n) is 11.2. The fraction of sp³-hybridized carbons (Fsp3) is 0.111. The molecule has 38 heavy (non-hydrogen) atoms. The molecule has 0 bridgehead atoms. The van der Waals surface area contributed by atoms with Crippen LogP contribution in [0.15, 0.2) is 69.1 Å². The molecule has 4 rings (SSSR count). The zero-order valence-corrected chi connectivity index (χ0v) is 23.3. The molecule has 0 aliphatic carbocycles. The van der Waals surface area contributed by atoms with Crippen molar-refractivity contribution in [3.05, 3.63) is 85.8 Å². The number of phenolic OH excluding ortho intramolecular Hbond substituents is 1. The number of hydrogen-bond acceptors (Lipinski definition) is 6. The van der Waals surface area contributed by atoms with Crippen LogP contribution >= 0.6 is 31.9 Å². The molecule has 9 nitrogen and oxygen atoms in total. The number of phenols is 1. The number of nitrogens with one attached hydrogen (secondary N) is 2. The van der Waals surface area contributed by atoms with Gasteiger partial charge in [0.25, 0.3) is 17.7 Å². The lowest BCUT2D eigenvalue weighted by molar-refractivity contribution is -0.122. The van der Waals surface area contributed by atoms with Crippen LogP contribution < -0.4 is 20.3 Å². The van der Waals surface area contributed by atoms with Crippen molar-refractivity contribution in [1.29, 1.82) is 0 Å². The second kappa shape index (κ2) is 11.2.